The molecule has 0 spiro atoms. The molecule has 0 N–H and O–H groups in total. The van der Waals surface area contributed by atoms with Crippen LogP contribution >= 0.6 is 0 Å². The van der Waals surface area contributed by atoms with Crippen molar-refractivity contribution in [2.24, 2.45) is 0 Å². The second kappa shape index (κ2) is 2.31. The van der Waals surface area contributed by atoms with E-state index in [0.717, 1.165) is 13.0 Å². The molecule has 1 aliphatic rings. The molecule has 0 aromatic heterocycles. The lowest BCUT2D eigenvalue weighted by Crippen LogP contribution is -2.40. The van der Waals surface area contributed by atoms with Gasteiger partial charge >= 0.3 is 7.12 Å². The maximum atomic E-state index is 5.45. The molecule has 1 rings (SSSR count). The van der Waals surface area contributed by atoms with Gasteiger partial charge in [-0.25, -0.2) is 0 Å². The molecular weight excluding hydrogens is 115 g/mol. The van der Waals surface area contributed by atoms with Gasteiger partial charge in [0.05, 0.1) is 5.60 Å². The lowest BCUT2D eigenvalue weighted by Gasteiger charge is -2.32. The van der Waals surface area contributed by atoms with Crippen LogP contribution < -0.4 is 0 Å². The Labute approximate surface area is 56.7 Å². The number of hydrogen-bond acceptors (Lipinski definition) is 2. The van der Waals surface area contributed by atoms with Gasteiger partial charge in [0.1, 0.15) is 0 Å². The summed E-state index contributed by atoms with van der Waals surface area (Å²) in [7, 11) is -0.0197. The van der Waals surface area contributed by atoms with Crippen LogP contribution in [0.4, 0.5) is 0 Å². The van der Waals surface area contributed by atoms with Crippen LogP contribution in [0.15, 0.2) is 0 Å². The molecule has 0 radical (unpaired) electrons. The Morgan fingerprint density at radius 2 is 2.11 bits per heavy atom. The molecule has 1 heterocycles. The molecule has 1 aliphatic heterocycles. The van der Waals surface area contributed by atoms with E-state index in [-0.39, 0.29) is 12.7 Å². The van der Waals surface area contributed by atoms with Gasteiger partial charge in [0.25, 0.3) is 0 Å². The van der Waals surface area contributed by atoms with Gasteiger partial charge in [-0.05, 0) is 27.1 Å². The van der Waals surface area contributed by atoms with Gasteiger partial charge in [0.2, 0.25) is 0 Å². The first kappa shape index (κ1) is 7.10. The van der Waals surface area contributed by atoms with Gasteiger partial charge in [0.15, 0.2) is 0 Å². The second-order valence-corrected chi connectivity index (χ2v) is 3.07. The molecule has 0 bridgehead atoms. The van der Waals surface area contributed by atoms with Crippen LogP contribution in [0, 0.1) is 0 Å². The fourth-order valence-electron chi connectivity index (χ4n) is 1.01. The second-order valence-electron chi connectivity index (χ2n) is 3.07. The van der Waals surface area contributed by atoms with Gasteiger partial charge in [-0.1, -0.05) is 0 Å². The highest BCUT2D eigenvalue weighted by atomic mass is 16.6. The molecule has 0 aromatic carbocycles. The zero-order valence-electron chi connectivity index (χ0n) is 6.31. The van der Waals surface area contributed by atoms with Crippen LogP contribution in [0.1, 0.15) is 20.3 Å². The third-order valence-corrected chi connectivity index (χ3v) is 1.54. The molecule has 0 aliphatic carbocycles. The summed E-state index contributed by atoms with van der Waals surface area (Å²) in [6, 6.07) is 0. The molecule has 9 heavy (non-hydrogen) atoms. The summed E-state index contributed by atoms with van der Waals surface area (Å²) in [6.07, 6.45) is 0.997. The first-order valence-electron chi connectivity index (χ1n) is 3.40. The van der Waals surface area contributed by atoms with Crippen LogP contribution in [0.5, 0.6) is 0 Å². The van der Waals surface area contributed by atoms with Crippen molar-refractivity contribution in [3.05, 3.63) is 0 Å². The minimum absolute atomic E-state index is 0.0197. The largest absolute Gasteiger partial charge is 0.453 e. The molecular formula is C6H13BO2. The van der Waals surface area contributed by atoms with E-state index in [1.165, 1.54) is 0 Å². The summed E-state index contributed by atoms with van der Waals surface area (Å²) in [4.78, 5) is 0. The molecule has 1 saturated heterocycles. The summed E-state index contributed by atoms with van der Waals surface area (Å²) in [6.45, 7) is 6.94. The standard InChI is InChI=1S/C6H13BO2/c1-6(2)4-5-8-7(3)9-6/h4-5H2,1-3H3. The number of rotatable bonds is 0. The van der Waals surface area contributed by atoms with E-state index in [1.807, 2.05) is 6.82 Å². The van der Waals surface area contributed by atoms with E-state index in [1.54, 1.807) is 0 Å². The van der Waals surface area contributed by atoms with Crippen molar-refractivity contribution in [1.29, 1.82) is 0 Å². The molecule has 0 atom stereocenters. The van der Waals surface area contributed by atoms with Crippen LogP contribution in [0.25, 0.3) is 0 Å². The maximum absolute atomic E-state index is 5.45. The Morgan fingerprint density at radius 3 is 2.44 bits per heavy atom. The Balaban J connectivity index is 2.41. The van der Waals surface area contributed by atoms with E-state index in [9.17, 15) is 0 Å². The van der Waals surface area contributed by atoms with Gasteiger partial charge < -0.3 is 9.31 Å². The third-order valence-electron chi connectivity index (χ3n) is 1.54. The van der Waals surface area contributed by atoms with Crippen molar-refractivity contribution in [3.8, 4) is 0 Å². The number of hydrogen-bond donors (Lipinski definition) is 0. The monoisotopic (exact) mass is 128 g/mol. The van der Waals surface area contributed by atoms with Crippen molar-refractivity contribution in [2.75, 3.05) is 6.61 Å². The smallest absolute Gasteiger partial charge is 0.411 e. The normalized spacial score (nSPS) is 26.3. The van der Waals surface area contributed by atoms with Gasteiger partial charge in [-0.3, -0.25) is 0 Å². The van der Waals surface area contributed by atoms with E-state index < -0.39 is 0 Å². The van der Waals surface area contributed by atoms with Crippen molar-refractivity contribution in [3.63, 3.8) is 0 Å². The summed E-state index contributed by atoms with van der Waals surface area (Å²) < 4.78 is 10.6. The fourth-order valence-corrected chi connectivity index (χ4v) is 1.01. The minimum Gasteiger partial charge on any atom is -0.411 e. The highest BCUT2D eigenvalue weighted by Crippen LogP contribution is 2.20. The van der Waals surface area contributed by atoms with Crippen molar-refractivity contribution >= 4 is 7.12 Å². The summed E-state index contributed by atoms with van der Waals surface area (Å²) in [5, 5.41) is 0. The summed E-state index contributed by atoms with van der Waals surface area (Å²) >= 11 is 0. The zero-order valence-corrected chi connectivity index (χ0v) is 6.31. The Hall–Kier alpha value is -0.0151. The Morgan fingerprint density at radius 1 is 1.44 bits per heavy atom. The Bertz CT molecular complexity index is 103. The zero-order chi connectivity index (χ0) is 6.91. The first-order valence-corrected chi connectivity index (χ1v) is 3.40. The molecule has 0 unspecified atom stereocenters. The average Bonchev–Trinajstić information content (AvgIpc) is 1.60. The Kier molecular flexibility index (Phi) is 1.82. The van der Waals surface area contributed by atoms with Crippen LogP contribution in [0.3, 0.4) is 0 Å². The van der Waals surface area contributed by atoms with E-state index in [2.05, 4.69) is 13.8 Å². The molecule has 0 aromatic rings. The predicted molar refractivity (Wildman–Crippen MR) is 37.4 cm³/mol. The van der Waals surface area contributed by atoms with Gasteiger partial charge in [-0.2, -0.15) is 0 Å². The minimum atomic E-state index is -0.0197. The highest BCUT2D eigenvalue weighted by molar-refractivity contribution is 6.42. The van der Waals surface area contributed by atoms with Crippen LogP contribution in [-0.2, 0) is 9.31 Å². The molecule has 1 fully saturated rings. The molecule has 0 saturated carbocycles. The molecule has 2 nitrogen and oxygen atoms in total. The average molecular weight is 128 g/mol. The van der Waals surface area contributed by atoms with E-state index >= 15 is 0 Å². The van der Waals surface area contributed by atoms with Gasteiger partial charge in [0, 0.05) is 6.61 Å². The third kappa shape index (κ3) is 1.99. The first-order chi connectivity index (χ1) is 4.10. The van der Waals surface area contributed by atoms with E-state index in [4.69, 9.17) is 9.31 Å². The molecule has 0 amide bonds. The lowest BCUT2D eigenvalue weighted by atomic mass is 9.88. The van der Waals surface area contributed by atoms with Crippen LogP contribution in [0.2, 0.25) is 6.82 Å². The topological polar surface area (TPSA) is 18.5 Å². The molecule has 3 heteroatoms. The quantitative estimate of drug-likeness (QED) is 0.458. The summed E-state index contributed by atoms with van der Waals surface area (Å²) in [5.41, 5.74) is 0.0255. The summed E-state index contributed by atoms with van der Waals surface area (Å²) in [5.74, 6) is 0. The van der Waals surface area contributed by atoms with Crippen molar-refractivity contribution in [1.82, 2.24) is 0 Å². The maximum Gasteiger partial charge on any atom is 0.453 e. The predicted octanol–water partition coefficient (Wildman–Crippen LogP) is 1.32. The van der Waals surface area contributed by atoms with Gasteiger partial charge in [-0.15, -0.1) is 0 Å². The molecule has 52 valence electrons. The fraction of sp³-hybridized carbons (Fsp3) is 1.00. The van der Waals surface area contributed by atoms with Crippen LogP contribution in [-0.4, -0.2) is 19.3 Å². The van der Waals surface area contributed by atoms with E-state index in [0.29, 0.717) is 0 Å². The van der Waals surface area contributed by atoms with Crippen molar-refractivity contribution < 1.29 is 9.31 Å². The lowest BCUT2D eigenvalue weighted by molar-refractivity contribution is 0.00759. The SMILES string of the molecule is CB1OCCC(C)(C)O1. The highest BCUT2D eigenvalue weighted by Gasteiger charge is 2.29. The van der Waals surface area contributed by atoms with Crippen molar-refractivity contribution in [2.45, 2.75) is 32.7 Å².